The Balaban J connectivity index is 2.87. The zero-order valence-electron chi connectivity index (χ0n) is 5.47. The molecule has 1 nitrogen and oxygen atoms in total. The summed E-state index contributed by atoms with van der Waals surface area (Å²) in [6, 6.07) is 7.45. The number of rotatable bonds is 2. The second-order valence-corrected chi connectivity index (χ2v) is 4.19. The number of hydrogen-bond donors (Lipinski definition) is 1. The van der Waals surface area contributed by atoms with Gasteiger partial charge in [0.15, 0.2) is 0 Å². The molecule has 2 N–H and O–H groups in total. The Bertz CT molecular complexity index is 195. The van der Waals surface area contributed by atoms with E-state index in [1.807, 2.05) is 24.3 Å². The molecule has 0 aromatic heterocycles. The fourth-order valence-corrected chi connectivity index (χ4v) is 1.90. The van der Waals surface area contributed by atoms with E-state index < -0.39 is 21.7 Å². The molecule has 1 aromatic carbocycles. The first kappa shape index (κ1) is 8.01. The summed E-state index contributed by atoms with van der Waals surface area (Å²) in [5.74, 6) is 0. The molecular formula is C7H8FNSn. The fraction of sp³-hybridized carbons (Fsp3) is 0.143. The van der Waals surface area contributed by atoms with E-state index in [9.17, 15) is 2.87 Å². The molecule has 0 heterocycles. The Hall–Kier alpha value is -0.0913. The van der Waals surface area contributed by atoms with Crippen LogP contribution in [0.5, 0.6) is 0 Å². The van der Waals surface area contributed by atoms with E-state index in [0.29, 0.717) is 6.54 Å². The minimum atomic E-state index is -1.74. The van der Waals surface area contributed by atoms with Crippen LogP contribution in [0.2, 0.25) is 0 Å². The summed E-state index contributed by atoms with van der Waals surface area (Å²) in [4.78, 5) is 0. The van der Waals surface area contributed by atoms with E-state index in [2.05, 4.69) is 0 Å². The van der Waals surface area contributed by atoms with Gasteiger partial charge in [-0.05, 0) is 0 Å². The van der Waals surface area contributed by atoms with Crippen LogP contribution in [0.25, 0.3) is 0 Å². The molecule has 1 rings (SSSR count). The zero-order valence-corrected chi connectivity index (χ0v) is 8.33. The Labute approximate surface area is 70.4 Å². The second kappa shape index (κ2) is 3.93. The van der Waals surface area contributed by atoms with Gasteiger partial charge in [-0.15, -0.1) is 0 Å². The van der Waals surface area contributed by atoms with Crippen molar-refractivity contribution in [2.45, 2.75) is 6.54 Å². The van der Waals surface area contributed by atoms with Crippen LogP contribution in [0.3, 0.4) is 0 Å². The monoisotopic (exact) mass is 245 g/mol. The second-order valence-electron chi connectivity index (χ2n) is 2.00. The Morgan fingerprint density at radius 2 is 2.30 bits per heavy atom. The molecule has 1 aromatic rings. The predicted molar refractivity (Wildman–Crippen MR) is 40.8 cm³/mol. The first-order valence-corrected chi connectivity index (χ1v) is 5.53. The van der Waals surface area contributed by atoms with E-state index in [-0.39, 0.29) is 0 Å². The van der Waals surface area contributed by atoms with Gasteiger partial charge in [0.2, 0.25) is 0 Å². The van der Waals surface area contributed by atoms with Crippen molar-refractivity contribution in [2.75, 3.05) is 0 Å². The third-order valence-electron chi connectivity index (χ3n) is 1.27. The van der Waals surface area contributed by atoms with Gasteiger partial charge in [-0.1, -0.05) is 0 Å². The van der Waals surface area contributed by atoms with Crippen molar-refractivity contribution in [1.29, 1.82) is 0 Å². The molecular weight excluding hydrogens is 236 g/mol. The molecule has 0 unspecified atom stereocenters. The van der Waals surface area contributed by atoms with E-state index in [4.69, 9.17) is 5.73 Å². The molecule has 0 aliphatic rings. The van der Waals surface area contributed by atoms with Crippen LogP contribution in [0.1, 0.15) is 5.56 Å². The summed E-state index contributed by atoms with van der Waals surface area (Å²) >= 11 is -1.74. The molecule has 0 saturated carbocycles. The van der Waals surface area contributed by atoms with Crippen molar-refractivity contribution >= 4 is 25.3 Å². The molecule has 2 radical (unpaired) electrons. The SMILES string of the molecule is NCc1ccc[c]([Sn][F])c1. The number of benzene rings is 1. The maximum atomic E-state index is 12.2. The Kier molecular flexibility index (Phi) is 3.15. The minimum absolute atomic E-state index is 0.507. The normalized spacial score (nSPS) is 9.80. The Morgan fingerprint density at radius 1 is 1.50 bits per heavy atom. The molecule has 0 amide bonds. The van der Waals surface area contributed by atoms with Crippen molar-refractivity contribution in [2.24, 2.45) is 5.73 Å². The number of halogens is 1. The van der Waals surface area contributed by atoms with Crippen molar-refractivity contribution in [3.63, 3.8) is 0 Å². The molecule has 3 heteroatoms. The summed E-state index contributed by atoms with van der Waals surface area (Å²) in [6.45, 7) is 0.507. The molecule has 52 valence electrons. The van der Waals surface area contributed by atoms with Crippen LogP contribution in [0, 0.1) is 0 Å². The van der Waals surface area contributed by atoms with Gasteiger partial charge in [0.1, 0.15) is 0 Å². The molecule has 0 saturated heterocycles. The number of hydrogen-bond acceptors (Lipinski definition) is 1. The summed E-state index contributed by atoms with van der Waals surface area (Å²) in [5.41, 5.74) is 6.39. The van der Waals surface area contributed by atoms with Gasteiger partial charge in [0.05, 0.1) is 0 Å². The van der Waals surface area contributed by atoms with Gasteiger partial charge in [-0.3, -0.25) is 0 Å². The first-order valence-electron chi connectivity index (χ1n) is 3.02. The zero-order chi connectivity index (χ0) is 7.40. The summed E-state index contributed by atoms with van der Waals surface area (Å²) in [7, 11) is 0. The standard InChI is InChI=1S/C7H8N.FH.Sn/c8-6-7-4-2-1-3-5-7;;/h1-2,4-5H,6,8H2;1H;/q;;+1/p-1. The van der Waals surface area contributed by atoms with E-state index in [0.717, 1.165) is 9.14 Å². The van der Waals surface area contributed by atoms with Crippen molar-refractivity contribution in [3.8, 4) is 0 Å². The van der Waals surface area contributed by atoms with Crippen LogP contribution in [-0.2, 0) is 6.54 Å². The Morgan fingerprint density at radius 3 is 2.90 bits per heavy atom. The summed E-state index contributed by atoms with van der Waals surface area (Å²) in [6.07, 6.45) is 0. The third kappa shape index (κ3) is 1.95. The third-order valence-corrected chi connectivity index (χ3v) is 2.78. The van der Waals surface area contributed by atoms with E-state index >= 15 is 0 Å². The van der Waals surface area contributed by atoms with Crippen LogP contribution in [0.15, 0.2) is 24.3 Å². The predicted octanol–water partition coefficient (Wildman–Crippen LogP) is 0.359. The quantitative estimate of drug-likeness (QED) is 0.746. The van der Waals surface area contributed by atoms with Gasteiger partial charge in [-0.25, -0.2) is 0 Å². The van der Waals surface area contributed by atoms with Gasteiger partial charge >= 0.3 is 70.3 Å². The van der Waals surface area contributed by atoms with Gasteiger partial charge < -0.3 is 0 Å². The molecule has 0 bridgehead atoms. The average Bonchev–Trinajstić information content (AvgIpc) is 2.05. The molecule has 0 aliphatic heterocycles. The molecule has 0 spiro atoms. The molecule has 0 aliphatic carbocycles. The van der Waals surface area contributed by atoms with E-state index in [1.54, 1.807) is 0 Å². The van der Waals surface area contributed by atoms with Gasteiger partial charge in [-0.2, -0.15) is 0 Å². The number of nitrogens with two attached hydrogens (primary N) is 1. The average molecular weight is 244 g/mol. The van der Waals surface area contributed by atoms with E-state index in [1.165, 1.54) is 0 Å². The maximum absolute atomic E-state index is 12.2. The molecule has 10 heavy (non-hydrogen) atoms. The van der Waals surface area contributed by atoms with Crippen LogP contribution >= 0.6 is 0 Å². The van der Waals surface area contributed by atoms with Crippen molar-refractivity contribution < 1.29 is 2.87 Å². The van der Waals surface area contributed by atoms with Crippen LogP contribution in [-0.4, -0.2) is 21.7 Å². The van der Waals surface area contributed by atoms with Crippen molar-refractivity contribution in [1.82, 2.24) is 0 Å². The van der Waals surface area contributed by atoms with Crippen LogP contribution < -0.4 is 9.31 Å². The fourth-order valence-electron chi connectivity index (χ4n) is 0.757. The topological polar surface area (TPSA) is 26.0 Å². The van der Waals surface area contributed by atoms with Crippen molar-refractivity contribution in [3.05, 3.63) is 29.8 Å². The molecule has 0 atom stereocenters. The van der Waals surface area contributed by atoms with Gasteiger partial charge in [0.25, 0.3) is 0 Å². The summed E-state index contributed by atoms with van der Waals surface area (Å²) < 4.78 is 13.0. The summed E-state index contributed by atoms with van der Waals surface area (Å²) in [5, 5.41) is 0. The van der Waals surface area contributed by atoms with Crippen LogP contribution in [0.4, 0.5) is 2.87 Å². The first-order chi connectivity index (χ1) is 4.86. The molecule has 0 fully saturated rings. The van der Waals surface area contributed by atoms with Gasteiger partial charge in [0, 0.05) is 0 Å².